The molecule has 0 bridgehead atoms. The minimum Gasteiger partial charge on any atom is -0.477 e. The van der Waals surface area contributed by atoms with Gasteiger partial charge >= 0.3 is 0 Å². The molecule has 1 spiro atoms. The van der Waals surface area contributed by atoms with E-state index in [1.165, 1.54) is 10.4 Å². The number of thiophene rings is 1. The van der Waals surface area contributed by atoms with E-state index in [1.807, 2.05) is 23.2 Å². The van der Waals surface area contributed by atoms with E-state index in [-0.39, 0.29) is 11.5 Å². The number of pyridine rings is 1. The summed E-state index contributed by atoms with van der Waals surface area (Å²) in [6.45, 7) is 4.54. The molecule has 1 fully saturated rings. The van der Waals surface area contributed by atoms with Crippen LogP contribution in [0.15, 0.2) is 29.8 Å². The zero-order valence-corrected chi connectivity index (χ0v) is 15.2. The highest BCUT2D eigenvalue weighted by atomic mass is 32.1. The second-order valence-corrected chi connectivity index (χ2v) is 7.43. The van der Waals surface area contributed by atoms with Crippen LogP contribution in [0.1, 0.15) is 40.6 Å². The van der Waals surface area contributed by atoms with Crippen LogP contribution in [0, 0.1) is 0 Å². The molecular weight excluding hydrogens is 336 g/mol. The fraction of sp³-hybridized carbons (Fsp3) is 0.474. The Morgan fingerprint density at radius 1 is 1.40 bits per heavy atom. The third-order valence-corrected chi connectivity index (χ3v) is 6.07. The molecular formula is C19H22N2O3S. The molecule has 0 atom stereocenters. The Morgan fingerprint density at radius 2 is 2.24 bits per heavy atom. The third kappa shape index (κ3) is 2.93. The standard InChI is InChI=1S/C19H22N2O3S/c1-2-23-17-14(4-3-9-20-17)18(22)21-10-7-19(8-11-21)15-6-13-25-16(15)5-12-24-19/h3-4,6,9,13H,2,5,7-8,10-12H2,1H3. The van der Waals surface area contributed by atoms with Gasteiger partial charge in [0.1, 0.15) is 5.56 Å². The molecule has 0 unspecified atom stereocenters. The molecule has 0 saturated carbocycles. The minimum atomic E-state index is -0.206. The molecule has 0 N–H and O–H groups in total. The van der Waals surface area contributed by atoms with E-state index in [4.69, 9.17) is 9.47 Å². The number of likely N-dealkylation sites (tertiary alicyclic amines) is 1. The van der Waals surface area contributed by atoms with Crippen LogP contribution in [-0.4, -0.2) is 42.1 Å². The maximum absolute atomic E-state index is 12.9. The molecule has 2 aromatic rings. The highest BCUT2D eigenvalue weighted by Crippen LogP contribution is 2.43. The molecule has 4 heterocycles. The highest BCUT2D eigenvalue weighted by molar-refractivity contribution is 7.10. The minimum absolute atomic E-state index is 0.00671. The van der Waals surface area contributed by atoms with E-state index in [9.17, 15) is 4.79 Å². The van der Waals surface area contributed by atoms with Crippen LogP contribution < -0.4 is 4.74 Å². The molecule has 5 nitrogen and oxygen atoms in total. The smallest absolute Gasteiger partial charge is 0.259 e. The van der Waals surface area contributed by atoms with Gasteiger partial charge in [-0.2, -0.15) is 0 Å². The Morgan fingerprint density at radius 3 is 3.04 bits per heavy atom. The number of hydrogen-bond acceptors (Lipinski definition) is 5. The van der Waals surface area contributed by atoms with Crippen molar-refractivity contribution in [1.29, 1.82) is 0 Å². The van der Waals surface area contributed by atoms with Crippen molar-refractivity contribution in [1.82, 2.24) is 9.88 Å². The van der Waals surface area contributed by atoms with Gasteiger partial charge in [-0.1, -0.05) is 0 Å². The number of carbonyl (C=O) groups is 1. The van der Waals surface area contributed by atoms with Gasteiger partial charge in [0.25, 0.3) is 5.91 Å². The lowest BCUT2D eigenvalue weighted by atomic mass is 9.82. The number of amides is 1. The molecule has 1 amide bonds. The van der Waals surface area contributed by atoms with Crippen LogP contribution in [0.2, 0.25) is 0 Å². The second-order valence-electron chi connectivity index (χ2n) is 6.43. The van der Waals surface area contributed by atoms with Crippen molar-refractivity contribution in [2.24, 2.45) is 0 Å². The fourth-order valence-electron chi connectivity index (χ4n) is 3.82. The van der Waals surface area contributed by atoms with Gasteiger partial charge in [-0.25, -0.2) is 4.98 Å². The lowest BCUT2D eigenvalue weighted by molar-refractivity contribution is -0.0926. The molecule has 132 valence electrons. The Balaban J connectivity index is 1.51. The van der Waals surface area contributed by atoms with Crippen molar-refractivity contribution in [3.05, 3.63) is 45.8 Å². The molecule has 2 aromatic heterocycles. The van der Waals surface area contributed by atoms with Crippen LogP contribution in [0.4, 0.5) is 0 Å². The van der Waals surface area contributed by atoms with Gasteiger partial charge in [-0.15, -0.1) is 11.3 Å². The largest absolute Gasteiger partial charge is 0.477 e. The predicted molar refractivity (Wildman–Crippen MR) is 96.2 cm³/mol. The van der Waals surface area contributed by atoms with Crippen LogP contribution in [0.25, 0.3) is 0 Å². The normalized spacial score (nSPS) is 18.8. The third-order valence-electron chi connectivity index (χ3n) is 5.08. The van der Waals surface area contributed by atoms with Crippen LogP contribution >= 0.6 is 11.3 Å². The second kappa shape index (κ2) is 6.77. The van der Waals surface area contributed by atoms with Crippen molar-refractivity contribution in [2.45, 2.75) is 31.8 Å². The van der Waals surface area contributed by atoms with Gasteiger partial charge in [-0.05, 0) is 48.9 Å². The summed E-state index contributed by atoms with van der Waals surface area (Å²) < 4.78 is 11.7. The van der Waals surface area contributed by atoms with Gasteiger partial charge in [-0.3, -0.25) is 4.79 Å². The summed E-state index contributed by atoms with van der Waals surface area (Å²) in [5.74, 6) is 0.414. The summed E-state index contributed by atoms with van der Waals surface area (Å²) >= 11 is 1.82. The van der Waals surface area contributed by atoms with Gasteiger partial charge in [0.2, 0.25) is 5.88 Å². The summed E-state index contributed by atoms with van der Waals surface area (Å²) in [5.41, 5.74) is 1.68. The predicted octanol–water partition coefficient (Wildman–Crippen LogP) is 3.25. The van der Waals surface area contributed by atoms with Crippen molar-refractivity contribution in [3.8, 4) is 5.88 Å². The SMILES string of the molecule is CCOc1ncccc1C(=O)N1CCC2(CC1)OCCc1sccc12. The van der Waals surface area contributed by atoms with E-state index >= 15 is 0 Å². The quantitative estimate of drug-likeness (QED) is 0.845. The Kier molecular flexibility index (Phi) is 4.48. The highest BCUT2D eigenvalue weighted by Gasteiger charge is 2.42. The van der Waals surface area contributed by atoms with Gasteiger partial charge in [0.05, 0.1) is 18.8 Å². The number of carbonyl (C=O) groups excluding carboxylic acids is 1. The number of rotatable bonds is 3. The molecule has 6 heteroatoms. The van der Waals surface area contributed by atoms with Crippen molar-refractivity contribution in [3.63, 3.8) is 0 Å². The van der Waals surface area contributed by atoms with Gasteiger partial charge < -0.3 is 14.4 Å². The van der Waals surface area contributed by atoms with Gasteiger partial charge in [0.15, 0.2) is 0 Å². The maximum Gasteiger partial charge on any atom is 0.259 e. The van der Waals surface area contributed by atoms with Crippen molar-refractivity contribution in [2.75, 3.05) is 26.3 Å². The lowest BCUT2D eigenvalue weighted by Gasteiger charge is -2.44. The fourth-order valence-corrected chi connectivity index (χ4v) is 4.77. The van der Waals surface area contributed by atoms with Crippen molar-refractivity contribution < 1.29 is 14.3 Å². The molecule has 2 aliphatic rings. The summed E-state index contributed by atoms with van der Waals surface area (Å²) in [5, 5.41) is 2.16. The molecule has 25 heavy (non-hydrogen) atoms. The van der Waals surface area contributed by atoms with E-state index in [1.54, 1.807) is 18.3 Å². The first-order valence-electron chi connectivity index (χ1n) is 8.81. The number of aromatic nitrogens is 1. The zero-order valence-electron chi connectivity index (χ0n) is 14.4. The molecule has 1 saturated heterocycles. The topological polar surface area (TPSA) is 51.7 Å². The average molecular weight is 358 g/mol. The summed E-state index contributed by atoms with van der Waals surface area (Å²) in [6.07, 6.45) is 4.34. The maximum atomic E-state index is 12.9. The molecule has 4 rings (SSSR count). The Hall–Kier alpha value is -1.92. The van der Waals surface area contributed by atoms with Gasteiger partial charge in [0, 0.05) is 30.6 Å². The van der Waals surface area contributed by atoms with Crippen LogP contribution in [-0.2, 0) is 16.8 Å². The first kappa shape index (κ1) is 16.5. The van der Waals surface area contributed by atoms with E-state index in [0.717, 1.165) is 25.9 Å². The Labute approximate surface area is 151 Å². The number of piperidine rings is 1. The number of nitrogens with zero attached hydrogens (tertiary/aromatic N) is 2. The average Bonchev–Trinajstić information content (AvgIpc) is 3.13. The van der Waals surface area contributed by atoms with Crippen LogP contribution in [0.5, 0.6) is 5.88 Å². The first-order valence-corrected chi connectivity index (χ1v) is 9.69. The lowest BCUT2D eigenvalue weighted by Crippen LogP contribution is -2.48. The molecule has 2 aliphatic heterocycles. The Bertz CT molecular complexity index is 766. The summed E-state index contributed by atoms with van der Waals surface area (Å²) in [6, 6.07) is 5.77. The number of fused-ring (bicyclic) bond motifs is 2. The molecule has 0 aliphatic carbocycles. The van der Waals surface area contributed by atoms with E-state index in [0.29, 0.717) is 31.1 Å². The summed E-state index contributed by atoms with van der Waals surface area (Å²) in [7, 11) is 0. The first-order chi connectivity index (χ1) is 12.2. The summed E-state index contributed by atoms with van der Waals surface area (Å²) in [4.78, 5) is 20.5. The molecule has 0 aromatic carbocycles. The van der Waals surface area contributed by atoms with E-state index in [2.05, 4.69) is 16.4 Å². The number of hydrogen-bond donors (Lipinski definition) is 0. The van der Waals surface area contributed by atoms with Crippen LogP contribution in [0.3, 0.4) is 0 Å². The zero-order chi connectivity index (χ0) is 17.3. The van der Waals surface area contributed by atoms with Crippen molar-refractivity contribution >= 4 is 17.2 Å². The molecule has 0 radical (unpaired) electrons. The number of ether oxygens (including phenoxy) is 2. The monoisotopic (exact) mass is 358 g/mol. The van der Waals surface area contributed by atoms with E-state index < -0.39 is 0 Å².